The van der Waals surface area contributed by atoms with Gasteiger partial charge in [-0.2, -0.15) is 9.97 Å². The van der Waals surface area contributed by atoms with Crippen LogP contribution in [-0.2, 0) is 0 Å². The molecule has 0 radical (unpaired) electrons. The highest BCUT2D eigenvalue weighted by atomic mass is 32.1. The maximum absolute atomic E-state index is 6.05. The minimum Gasteiger partial charge on any atom is -0.378 e. The topological polar surface area (TPSA) is 80.0 Å². The number of nitrogens with zero attached hydrogens (tertiary/aromatic N) is 7. The molecule has 3 N–H and O–H groups in total. The monoisotopic (exact) mass is 511 g/mol. The molecule has 10 heteroatoms. The van der Waals surface area contributed by atoms with Crippen molar-refractivity contribution >= 4 is 46.3 Å². The third kappa shape index (κ3) is 6.88. The van der Waals surface area contributed by atoms with Gasteiger partial charge in [0.25, 0.3) is 0 Å². The second-order valence-electron chi connectivity index (χ2n) is 9.93. The van der Waals surface area contributed by atoms with E-state index in [9.17, 15) is 0 Å². The lowest BCUT2D eigenvalue weighted by Gasteiger charge is -2.27. The summed E-state index contributed by atoms with van der Waals surface area (Å²) in [6.07, 6.45) is 4.90. The summed E-state index contributed by atoms with van der Waals surface area (Å²) in [4.78, 5) is 20.8. The molecule has 1 aromatic carbocycles. The van der Waals surface area contributed by atoms with Crippen LogP contribution in [0.5, 0.6) is 0 Å². The number of thiocarbonyl (C=S) groups is 1. The summed E-state index contributed by atoms with van der Waals surface area (Å²) in [7, 11) is 6.19. The highest BCUT2D eigenvalue weighted by Crippen LogP contribution is 2.25. The van der Waals surface area contributed by atoms with Crippen LogP contribution in [0.4, 0.5) is 29.0 Å². The number of anilines is 5. The van der Waals surface area contributed by atoms with Crippen LogP contribution in [0.3, 0.4) is 0 Å². The molecule has 2 aromatic rings. The van der Waals surface area contributed by atoms with Crippen molar-refractivity contribution in [2.24, 2.45) is 5.73 Å². The Balaban J connectivity index is 1.31. The van der Waals surface area contributed by atoms with Crippen molar-refractivity contribution in [2.45, 2.75) is 25.7 Å². The Hall–Kier alpha value is -2.85. The highest BCUT2D eigenvalue weighted by Gasteiger charge is 2.20. The summed E-state index contributed by atoms with van der Waals surface area (Å²) >= 11 is 5.34. The molecule has 0 unspecified atom stereocenters. The molecule has 4 rings (SSSR count). The minimum absolute atomic E-state index is 0.393. The van der Waals surface area contributed by atoms with Gasteiger partial charge < -0.3 is 35.6 Å². The Bertz CT molecular complexity index is 951. The fourth-order valence-electron chi connectivity index (χ4n) is 4.73. The van der Waals surface area contributed by atoms with E-state index in [-0.39, 0.29) is 0 Å². The first kappa shape index (κ1) is 26.2. The lowest BCUT2D eigenvalue weighted by atomic mass is 10.2. The lowest BCUT2D eigenvalue weighted by molar-refractivity contribution is 0.357. The quantitative estimate of drug-likeness (QED) is 0.440. The number of aromatic nitrogens is 2. The molecular formula is C26H41N9S. The molecular weight excluding hydrogens is 470 g/mol. The number of nitrogens with two attached hydrogens (primary N) is 1. The molecule has 0 aliphatic carbocycles. The lowest BCUT2D eigenvalue weighted by Crippen LogP contribution is -2.41. The van der Waals surface area contributed by atoms with Gasteiger partial charge in [0, 0.05) is 83.9 Å². The van der Waals surface area contributed by atoms with E-state index < -0.39 is 0 Å². The van der Waals surface area contributed by atoms with Gasteiger partial charge in [0.05, 0.1) is 0 Å². The summed E-state index contributed by atoms with van der Waals surface area (Å²) in [5.74, 6) is 2.82. The zero-order chi connectivity index (χ0) is 25.5. The Morgan fingerprint density at radius 1 is 0.889 bits per heavy atom. The van der Waals surface area contributed by atoms with E-state index in [1.165, 1.54) is 25.7 Å². The molecule has 2 saturated heterocycles. The Labute approximate surface area is 221 Å². The average molecular weight is 512 g/mol. The van der Waals surface area contributed by atoms with Crippen LogP contribution in [0.25, 0.3) is 0 Å². The van der Waals surface area contributed by atoms with Gasteiger partial charge in [-0.3, -0.25) is 0 Å². The molecule has 1 aromatic heterocycles. The molecule has 36 heavy (non-hydrogen) atoms. The van der Waals surface area contributed by atoms with E-state index in [0.29, 0.717) is 5.11 Å². The van der Waals surface area contributed by atoms with Gasteiger partial charge in [0.2, 0.25) is 5.95 Å². The van der Waals surface area contributed by atoms with E-state index in [1.807, 2.05) is 19.0 Å². The number of hydrogen-bond donors (Lipinski definition) is 2. The van der Waals surface area contributed by atoms with Gasteiger partial charge in [0.15, 0.2) is 5.11 Å². The maximum atomic E-state index is 6.05. The fourth-order valence-corrected chi connectivity index (χ4v) is 4.93. The molecule has 0 spiro atoms. The van der Waals surface area contributed by atoms with Crippen molar-refractivity contribution < 1.29 is 0 Å². The van der Waals surface area contributed by atoms with E-state index in [0.717, 1.165) is 81.3 Å². The summed E-state index contributed by atoms with van der Waals surface area (Å²) in [5, 5.41) is 3.94. The van der Waals surface area contributed by atoms with Gasteiger partial charge >= 0.3 is 0 Å². The number of rotatable bonds is 11. The first-order valence-corrected chi connectivity index (χ1v) is 13.5. The first-order valence-electron chi connectivity index (χ1n) is 13.1. The van der Waals surface area contributed by atoms with Gasteiger partial charge in [-0.05, 0) is 69.2 Å². The van der Waals surface area contributed by atoms with Crippen molar-refractivity contribution in [3.8, 4) is 0 Å². The van der Waals surface area contributed by atoms with Crippen molar-refractivity contribution in [3.05, 3.63) is 30.3 Å². The minimum atomic E-state index is 0.393. The predicted octanol–water partition coefficient (Wildman–Crippen LogP) is 2.84. The van der Waals surface area contributed by atoms with Crippen LogP contribution < -0.4 is 30.7 Å². The first-order chi connectivity index (χ1) is 17.4. The van der Waals surface area contributed by atoms with Gasteiger partial charge in [-0.1, -0.05) is 0 Å². The number of likely N-dealkylation sites (N-methyl/N-ethyl adjacent to an activating group) is 1. The fraction of sp³-hybridized carbons (Fsp3) is 0.577. The van der Waals surface area contributed by atoms with Crippen LogP contribution in [0.15, 0.2) is 30.3 Å². The smallest absolute Gasteiger partial charge is 0.229 e. The predicted molar refractivity (Wildman–Crippen MR) is 156 cm³/mol. The van der Waals surface area contributed by atoms with Crippen molar-refractivity contribution in [2.75, 3.05) is 98.4 Å². The third-order valence-corrected chi connectivity index (χ3v) is 7.19. The molecule has 0 saturated carbocycles. The van der Waals surface area contributed by atoms with E-state index in [4.69, 9.17) is 27.9 Å². The Morgan fingerprint density at radius 2 is 1.50 bits per heavy atom. The summed E-state index contributed by atoms with van der Waals surface area (Å²) in [6.45, 7) is 7.51. The van der Waals surface area contributed by atoms with E-state index >= 15 is 0 Å². The van der Waals surface area contributed by atoms with E-state index in [1.54, 1.807) is 0 Å². The molecule has 0 bridgehead atoms. The highest BCUT2D eigenvalue weighted by molar-refractivity contribution is 7.80. The molecule has 2 aliphatic rings. The van der Waals surface area contributed by atoms with Gasteiger partial charge in [-0.15, -0.1) is 0 Å². The summed E-state index contributed by atoms with van der Waals surface area (Å²) < 4.78 is 0. The second-order valence-corrected chi connectivity index (χ2v) is 10.3. The van der Waals surface area contributed by atoms with Crippen LogP contribution in [0, 0.1) is 0 Å². The standard InChI is InChI=1S/C26H41N9S/c1-31(2)21-8-10-22(11-9-21)35(25(27)36)19-18-32(3)17-12-28-23-20-24(33-13-4-5-14-33)30-26(29-23)34-15-6-7-16-34/h8-11,20H,4-7,12-19H2,1-3H3,(H2,27,36)(H,28,29,30). The number of nitrogens with one attached hydrogen (secondary N) is 1. The normalized spacial score (nSPS) is 15.6. The SMILES string of the molecule is CN(CCNc1cc(N2CCCC2)nc(N2CCCC2)n1)CCN(C(N)=S)c1ccc(N(C)C)cc1. The van der Waals surface area contributed by atoms with Gasteiger partial charge in [-0.25, -0.2) is 0 Å². The van der Waals surface area contributed by atoms with Crippen LogP contribution in [0.2, 0.25) is 0 Å². The number of hydrogen-bond acceptors (Lipinski definition) is 8. The molecule has 3 heterocycles. The molecule has 9 nitrogen and oxygen atoms in total. The molecule has 0 amide bonds. The van der Waals surface area contributed by atoms with Gasteiger partial charge in [0.1, 0.15) is 11.6 Å². The summed E-state index contributed by atoms with van der Waals surface area (Å²) in [5.41, 5.74) is 8.22. The zero-order valence-corrected chi connectivity index (χ0v) is 22.8. The molecule has 2 fully saturated rings. The molecule has 2 aliphatic heterocycles. The Morgan fingerprint density at radius 3 is 2.11 bits per heavy atom. The largest absolute Gasteiger partial charge is 0.378 e. The second kappa shape index (κ2) is 12.4. The summed E-state index contributed by atoms with van der Waals surface area (Å²) in [6, 6.07) is 10.4. The number of benzene rings is 1. The Kier molecular flexibility index (Phi) is 9.03. The maximum Gasteiger partial charge on any atom is 0.229 e. The van der Waals surface area contributed by atoms with Crippen LogP contribution in [0.1, 0.15) is 25.7 Å². The van der Waals surface area contributed by atoms with E-state index in [2.05, 4.69) is 62.3 Å². The van der Waals surface area contributed by atoms with Crippen LogP contribution in [-0.4, -0.2) is 93.5 Å². The molecule has 0 atom stereocenters. The van der Waals surface area contributed by atoms with Crippen LogP contribution >= 0.6 is 12.2 Å². The van der Waals surface area contributed by atoms with Crippen molar-refractivity contribution in [3.63, 3.8) is 0 Å². The molecule has 196 valence electrons. The zero-order valence-electron chi connectivity index (χ0n) is 22.0. The van der Waals surface area contributed by atoms with Crippen molar-refractivity contribution in [1.29, 1.82) is 0 Å². The third-order valence-electron chi connectivity index (χ3n) is 6.97. The average Bonchev–Trinajstić information content (AvgIpc) is 3.59. The van der Waals surface area contributed by atoms with Crippen molar-refractivity contribution in [1.82, 2.24) is 14.9 Å².